The van der Waals surface area contributed by atoms with E-state index in [2.05, 4.69) is 44.7 Å². The van der Waals surface area contributed by atoms with E-state index in [-0.39, 0.29) is 6.61 Å². The molecule has 6 atom stereocenters. The maximum atomic E-state index is 10.1. The first-order valence-electron chi connectivity index (χ1n) is 11.3. The molecule has 3 N–H and O–H groups in total. The van der Waals surface area contributed by atoms with Gasteiger partial charge in [0.2, 0.25) is 0 Å². The molecule has 0 aromatic carbocycles. The normalized spacial score (nSPS) is 39.7. The highest BCUT2D eigenvalue weighted by molar-refractivity contribution is 5.38. The Morgan fingerprint density at radius 2 is 2.00 bits per heavy atom. The van der Waals surface area contributed by atoms with Crippen LogP contribution in [0.3, 0.4) is 0 Å². The van der Waals surface area contributed by atoms with E-state index in [9.17, 15) is 10.2 Å². The van der Waals surface area contributed by atoms with Gasteiger partial charge in [0, 0.05) is 6.42 Å². The third-order valence-corrected chi connectivity index (χ3v) is 7.70. The lowest BCUT2D eigenvalue weighted by atomic mass is 9.61. The minimum Gasteiger partial charge on any atom is -0.393 e. The maximum Gasteiger partial charge on any atom is 0.0811 e. The van der Waals surface area contributed by atoms with Crippen molar-refractivity contribution in [3.05, 3.63) is 59.8 Å². The van der Waals surface area contributed by atoms with E-state index in [1.165, 1.54) is 31.3 Å². The predicted molar refractivity (Wildman–Crippen MR) is 119 cm³/mol. The van der Waals surface area contributed by atoms with Gasteiger partial charge in [-0.2, -0.15) is 0 Å². The van der Waals surface area contributed by atoms with Crippen molar-refractivity contribution in [1.82, 2.24) is 0 Å². The van der Waals surface area contributed by atoms with Gasteiger partial charge in [0.05, 0.1) is 18.8 Å². The quantitative estimate of drug-likeness (QED) is 0.579. The molecule has 0 saturated heterocycles. The molecule has 0 aliphatic heterocycles. The zero-order valence-corrected chi connectivity index (χ0v) is 18.1. The molecule has 0 radical (unpaired) electrons. The van der Waals surface area contributed by atoms with Gasteiger partial charge in [-0.25, -0.2) is 0 Å². The Hall–Kier alpha value is -1.42. The Labute approximate surface area is 176 Å². The third-order valence-electron chi connectivity index (χ3n) is 7.70. The number of hydrogen-bond donors (Lipinski definition) is 3. The molecule has 3 aliphatic carbocycles. The highest BCUT2D eigenvalue weighted by atomic mass is 16.3. The van der Waals surface area contributed by atoms with Crippen molar-refractivity contribution in [3.8, 4) is 0 Å². The molecular weight excluding hydrogens is 360 g/mol. The highest BCUT2D eigenvalue weighted by Crippen LogP contribution is 2.59. The van der Waals surface area contributed by atoms with E-state index in [0.717, 1.165) is 17.6 Å². The summed E-state index contributed by atoms with van der Waals surface area (Å²) in [5.74, 6) is 1.82. The summed E-state index contributed by atoms with van der Waals surface area (Å²) in [5, 5.41) is 29.0. The van der Waals surface area contributed by atoms with E-state index in [4.69, 9.17) is 5.11 Å². The number of allylic oxidation sites excluding steroid dienone is 6. The second-order valence-corrected chi connectivity index (χ2v) is 9.52. The van der Waals surface area contributed by atoms with Crippen LogP contribution in [-0.4, -0.2) is 34.1 Å². The van der Waals surface area contributed by atoms with Gasteiger partial charge < -0.3 is 15.3 Å². The van der Waals surface area contributed by atoms with Gasteiger partial charge in [-0.15, -0.1) is 0 Å². The Kier molecular flexibility index (Phi) is 7.37. The number of aliphatic hydroxyl groups excluding tert-OH is 3. The molecular formula is C26H38O3. The predicted octanol–water partition coefficient (Wildman–Crippen LogP) is 4.87. The van der Waals surface area contributed by atoms with E-state index in [1.54, 1.807) is 6.08 Å². The molecule has 0 unspecified atom stereocenters. The lowest BCUT2D eigenvalue weighted by Crippen LogP contribution is -2.35. The summed E-state index contributed by atoms with van der Waals surface area (Å²) in [6.07, 6.45) is 18.5. The van der Waals surface area contributed by atoms with Gasteiger partial charge in [0.15, 0.2) is 0 Å². The number of fused-ring (bicyclic) bond motifs is 1. The fourth-order valence-corrected chi connectivity index (χ4v) is 6.12. The third kappa shape index (κ3) is 4.84. The lowest BCUT2D eigenvalue weighted by Gasteiger charge is -2.44. The number of rotatable bonds is 5. The van der Waals surface area contributed by atoms with E-state index >= 15 is 0 Å². The fraction of sp³-hybridized carbons (Fsp3) is 0.615. The molecule has 160 valence electrons. The Balaban J connectivity index is 1.76. The summed E-state index contributed by atoms with van der Waals surface area (Å²) in [5.41, 5.74) is 3.63. The smallest absolute Gasteiger partial charge is 0.0811 e. The molecule has 0 spiro atoms. The second-order valence-electron chi connectivity index (χ2n) is 9.52. The molecule has 3 fully saturated rings. The van der Waals surface area contributed by atoms with E-state index in [0.29, 0.717) is 36.0 Å². The largest absolute Gasteiger partial charge is 0.393 e. The summed E-state index contributed by atoms with van der Waals surface area (Å²) in [6.45, 7) is 8.95. The van der Waals surface area contributed by atoms with Crippen molar-refractivity contribution in [2.45, 2.75) is 71.0 Å². The molecule has 3 rings (SSSR count). The van der Waals surface area contributed by atoms with Crippen LogP contribution in [0.15, 0.2) is 59.8 Å². The fourth-order valence-electron chi connectivity index (χ4n) is 6.12. The Morgan fingerprint density at radius 3 is 2.76 bits per heavy atom. The van der Waals surface area contributed by atoms with Crippen LogP contribution in [-0.2, 0) is 0 Å². The molecule has 0 aromatic rings. The summed E-state index contributed by atoms with van der Waals surface area (Å²) in [7, 11) is 0. The highest BCUT2D eigenvalue weighted by Gasteiger charge is 2.50. The molecule has 0 bridgehead atoms. The number of aliphatic hydroxyl groups is 3. The monoisotopic (exact) mass is 398 g/mol. The minimum absolute atomic E-state index is 0.0894. The summed E-state index contributed by atoms with van der Waals surface area (Å²) < 4.78 is 0. The van der Waals surface area contributed by atoms with Crippen LogP contribution in [0, 0.1) is 23.2 Å². The van der Waals surface area contributed by atoms with E-state index < -0.39 is 12.2 Å². The number of hydrogen-bond acceptors (Lipinski definition) is 3. The Morgan fingerprint density at radius 1 is 1.21 bits per heavy atom. The molecule has 0 aromatic heterocycles. The van der Waals surface area contributed by atoms with Crippen LogP contribution in [0.1, 0.15) is 58.8 Å². The van der Waals surface area contributed by atoms with Crippen LogP contribution in [0.5, 0.6) is 0 Å². The molecule has 29 heavy (non-hydrogen) atoms. The van der Waals surface area contributed by atoms with Gasteiger partial charge >= 0.3 is 0 Å². The zero-order chi connectivity index (χ0) is 21.0. The Bertz CT molecular complexity index is 713. The first kappa shape index (κ1) is 22.3. The topological polar surface area (TPSA) is 60.7 Å². The lowest BCUT2D eigenvalue weighted by molar-refractivity contribution is 0.0862. The first-order chi connectivity index (χ1) is 13.9. The minimum atomic E-state index is -0.622. The first-order valence-corrected chi connectivity index (χ1v) is 11.3. The van der Waals surface area contributed by atoms with Crippen molar-refractivity contribution < 1.29 is 15.3 Å². The van der Waals surface area contributed by atoms with Gasteiger partial charge in [0.25, 0.3) is 0 Å². The van der Waals surface area contributed by atoms with Crippen molar-refractivity contribution >= 4 is 0 Å². The van der Waals surface area contributed by atoms with Crippen LogP contribution in [0.4, 0.5) is 0 Å². The van der Waals surface area contributed by atoms with Crippen LogP contribution < -0.4 is 0 Å². The standard InChI is InChI=1S/C26H38O3/c1-18(8-5-4-6-15-27)23-12-13-24-20(9-7-14-26(23,24)3)10-11-21-16-22(28)17-25(29)19(21)2/h4-6,8,10-11,18,22-25,27-29H,2,7,9,12-17H2,1,3H3/b6-4+,8-5+,20-10+,21-11-/t18-,22-,23-,24+,25+,26-/m1/s1. The van der Waals surface area contributed by atoms with Gasteiger partial charge in [-0.3, -0.25) is 0 Å². The molecule has 3 heteroatoms. The maximum absolute atomic E-state index is 10.1. The van der Waals surface area contributed by atoms with Crippen molar-refractivity contribution in [3.63, 3.8) is 0 Å². The van der Waals surface area contributed by atoms with Crippen LogP contribution in [0.2, 0.25) is 0 Å². The van der Waals surface area contributed by atoms with Gasteiger partial charge in [0.1, 0.15) is 0 Å². The summed E-state index contributed by atoms with van der Waals surface area (Å²) in [4.78, 5) is 0. The van der Waals surface area contributed by atoms with Crippen molar-refractivity contribution in [2.75, 3.05) is 6.61 Å². The SMILES string of the molecule is C=C1/C(=C\C=C2/CCC[C@]3(C)[C@@H]([C@H](C)/C=C/C=C/CO)CC[C@@H]23)C[C@@H](O)C[C@@H]1O. The molecule has 0 heterocycles. The van der Waals surface area contributed by atoms with E-state index in [1.807, 2.05) is 6.08 Å². The molecule has 3 saturated carbocycles. The average Bonchev–Trinajstić information content (AvgIpc) is 3.04. The van der Waals surface area contributed by atoms with Gasteiger partial charge in [-0.1, -0.05) is 62.5 Å². The average molecular weight is 399 g/mol. The van der Waals surface area contributed by atoms with Crippen molar-refractivity contribution in [2.24, 2.45) is 23.2 Å². The molecule has 3 aliphatic rings. The molecule has 3 nitrogen and oxygen atoms in total. The second kappa shape index (κ2) is 9.59. The zero-order valence-electron chi connectivity index (χ0n) is 18.1. The van der Waals surface area contributed by atoms with Crippen LogP contribution in [0.25, 0.3) is 0 Å². The summed E-state index contributed by atoms with van der Waals surface area (Å²) in [6, 6.07) is 0. The van der Waals surface area contributed by atoms with Crippen LogP contribution >= 0.6 is 0 Å². The van der Waals surface area contributed by atoms with Crippen molar-refractivity contribution in [1.29, 1.82) is 0 Å². The van der Waals surface area contributed by atoms with Gasteiger partial charge in [-0.05, 0) is 72.8 Å². The molecule has 0 amide bonds. The summed E-state index contributed by atoms with van der Waals surface area (Å²) >= 11 is 0.